The zero-order valence-electron chi connectivity index (χ0n) is 7.55. The van der Waals surface area contributed by atoms with Gasteiger partial charge in [0, 0.05) is 0 Å². The molecule has 0 aliphatic carbocycles. The predicted octanol–water partition coefficient (Wildman–Crippen LogP) is 1.98. The maximum Gasteiger partial charge on any atom is 0.0855 e. The summed E-state index contributed by atoms with van der Waals surface area (Å²) in [4.78, 5) is 0. The molecule has 0 aromatic carbocycles. The summed E-state index contributed by atoms with van der Waals surface area (Å²) in [5.74, 6) is 0. The van der Waals surface area contributed by atoms with Gasteiger partial charge in [0.05, 0.1) is 35.5 Å². The Morgan fingerprint density at radius 3 is 1.75 bits per heavy atom. The van der Waals surface area contributed by atoms with E-state index in [0.717, 1.165) is 0 Å². The highest BCUT2D eigenvalue weighted by atomic mass is 14.5. The van der Waals surface area contributed by atoms with Crippen molar-refractivity contribution in [3.8, 4) is 18.2 Å². The van der Waals surface area contributed by atoms with Crippen molar-refractivity contribution < 1.29 is 0 Å². The number of hydrogen-bond donors (Lipinski definition) is 0. The first kappa shape index (κ1) is 10.5. The third kappa shape index (κ3) is 1.55. The van der Waals surface area contributed by atoms with Crippen molar-refractivity contribution in [3.05, 3.63) is 0 Å². The van der Waals surface area contributed by atoms with Crippen LogP contribution in [0.15, 0.2) is 0 Å². The first-order valence-corrected chi connectivity index (χ1v) is 3.63. The molecule has 0 bridgehead atoms. The molecule has 0 spiro atoms. The highest BCUT2D eigenvalue weighted by molar-refractivity contribution is 5.15. The van der Waals surface area contributed by atoms with Crippen molar-refractivity contribution >= 4 is 0 Å². The quantitative estimate of drug-likeness (QED) is 0.621. The lowest BCUT2D eigenvalue weighted by atomic mass is 9.67. The van der Waals surface area contributed by atoms with Gasteiger partial charge in [-0.3, -0.25) is 0 Å². The molecule has 3 heteroatoms. The molecule has 0 saturated heterocycles. The molecule has 12 heavy (non-hydrogen) atoms. The van der Waals surface area contributed by atoms with Gasteiger partial charge in [-0.05, 0) is 20.8 Å². The summed E-state index contributed by atoms with van der Waals surface area (Å²) in [7, 11) is 0. The summed E-state index contributed by atoms with van der Waals surface area (Å²) in [6.45, 7) is 4.99. The summed E-state index contributed by atoms with van der Waals surface area (Å²) in [6.07, 6.45) is 0.0874. The Morgan fingerprint density at radius 1 is 1.00 bits per heavy atom. The summed E-state index contributed by atoms with van der Waals surface area (Å²) in [6, 6.07) is 6.00. The minimum atomic E-state index is -0.878. The van der Waals surface area contributed by atoms with Crippen LogP contribution in [0.25, 0.3) is 0 Å². The second-order valence-electron chi connectivity index (χ2n) is 3.52. The van der Waals surface area contributed by atoms with E-state index in [9.17, 15) is 0 Å². The van der Waals surface area contributed by atoms with E-state index in [-0.39, 0.29) is 6.42 Å². The Bertz CT molecular complexity index is 284. The molecule has 62 valence electrons. The molecule has 0 N–H and O–H groups in total. The zero-order chi connectivity index (χ0) is 9.83. The Kier molecular flexibility index (Phi) is 2.83. The van der Waals surface area contributed by atoms with Crippen molar-refractivity contribution in [2.75, 3.05) is 0 Å². The normalized spacial score (nSPS) is 15.0. The lowest BCUT2D eigenvalue weighted by Crippen LogP contribution is -2.32. The highest BCUT2D eigenvalue weighted by Gasteiger charge is 2.41. The van der Waals surface area contributed by atoms with Crippen LogP contribution >= 0.6 is 0 Å². The van der Waals surface area contributed by atoms with Crippen LogP contribution in [0.2, 0.25) is 0 Å². The second-order valence-corrected chi connectivity index (χ2v) is 3.52. The molecule has 1 unspecified atom stereocenters. The third-order valence-corrected chi connectivity index (χ3v) is 2.34. The van der Waals surface area contributed by atoms with Crippen molar-refractivity contribution in [2.45, 2.75) is 27.2 Å². The highest BCUT2D eigenvalue weighted by Crippen LogP contribution is 2.40. The van der Waals surface area contributed by atoms with E-state index in [1.165, 1.54) is 0 Å². The van der Waals surface area contributed by atoms with Gasteiger partial charge in [-0.25, -0.2) is 0 Å². The maximum atomic E-state index is 8.83. The van der Waals surface area contributed by atoms with Crippen LogP contribution in [0.3, 0.4) is 0 Å². The number of rotatable bonds is 2. The first-order chi connectivity index (χ1) is 5.43. The van der Waals surface area contributed by atoms with Gasteiger partial charge in [-0.15, -0.1) is 0 Å². The van der Waals surface area contributed by atoms with Gasteiger partial charge in [0.25, 0.3) is 0 Å². The average molecular weight is 161 g/mol. The van der Waals surface area contributed by atoms with Crippen molar-refractivity contribution in [1.82, 2.24) is 0 Å². The molecule has 0 aliphatic rings. The SMILES string of the molecule is CC(C)(C#N)C(C)(C#N)CC#N. The van der Waals surface area contributed by atoms with Crippen LogP contribution in [0.1, 0.15) is 27.2 Å². The van der Waals surface area contributed by atoms with Crippen LogP contribution in [0.4, 0.5) is 0 Å². The fourth-order valence-corrected chi connectivity index (χ4v) is 0.682. The Morgan fingerprint density at radius 2 is 1.50 bits per heavy atom. The van der Waals surface area contributed by atoms with Crippen molar-refractivity contribution in [1.29, 1.82) is 15.8 Å². The lowest BCUT2D eigenvalue weighted by molar-refractivity contribution is 0.231. The standard InChI is InChI=1S/C9H11N3/c1-8(2,6-11)9(3,7-12)4-5-10/h4H2,1-3H3. The molecule has 3 nitrogen and oxygen atoms in total. The van der Waals surface area contributed by atoms with E-state index in [2.05, 4.69) is 0 Å². The molecule has 0 saturated carbocycles. The molecule has 0 amide bonds. The van der Waals surface area contributed by atoms with E-state index in [4.69, 9.17) is 15.8 Å². The zero-order valence-corrected chi connectivity index (χ0v) is 7.55. The van der Waals surface area contributed by atoms with Gasteiger partial charge >= 0.3 is 0 Å². The molecular formula is C9H11N3. The fraction of sp³-hybridized carbons (Fsp3) is 0.667. The van der Waals surface area contributed by atoms with Gasteiger partial charge < -0.3 is 0 Å². The molecule has 0 aromatic rings. The van der Waals surface area contributed by atoms with E-state index in [1.807, 2.05) is 18.2 Å². The van der Waals surface area contributed by atoms with Gasteiger partial charge in [0.15, 0.2) is 0 Å². The number of hydrogen-bond acceptors (Lipinski definition) is 3. The largest absolute Gasteiger partial charge is 0.198 e. The topological polar surface area (TPSA) is 71.4 Å². The molecule has 0 aliphatic heterocycles. The second kappa shape index (κ2) is 3.24. The maximum absolute atomic E-state index is 8.83. The minimum absolute atomic E-state index is 0.0874. The van der Waals surface area contributed by atoms with Gasteiger partial charge in [0.2, 0.25) is 0 Å². The third-order valence-electron chi connectivity index (χ3n) is 2.34. The average Bonchev–Trinajstić information content (AvgIpc) is 2.04. The Labute approximate surface area is 72.8 Å². The first-order valence-electron chi connectivity index (χ1n) is 3.63. The Hall–Kier alpha value is -1.53. The van der Waals surface area contributed by atoms with Gasteiger partial charge in [-0.1, -0.05) is 0 Å². The summed E-state index contributed by atoms with van der Waals surface area (Å²) < 4.78 is 0. The van der Waals surface area contributed by atoms with Crippen LogP contribution in [-0.2, 0) is 0 Å². The van der Waals surface area contributed by atoms with Crippen molar-refractivity contribution in [2.24, 2.45) is 10.8 Å². The molecular weight excluding hydrogens is 150 g/mol. The van der Waals surface area contributed by atoms with Crippen LogP contribution in [0.5, 0.6) is 0 Å². The lowest BCUT2D eigenvalue weighted by Gasteiger charge is -2.30. The monoisotopic (exact) mass is 161 g/mol. The van der Waals surface area contributed by atoms with Crippen molar-refractivity contribution in [3.63, 3.8) is 0 Å². The van der Waals surface area contributed by atoms with Crippen LogP contribution in [0, 0.1) is 44.8 Å². The van der Waals surface area contributed by atoms with E-state index in [0.29, 0.717) is 0 Å². The molecule has 0 heterocycles. The fourth-order valence-electron chi connectivity index (χ4n) is 0.682. The molecule has 0 radical (unpaired) electrons. The van der Waals surface area contributed by atoms with E-state index in [1.54, 1.807) is 20.8 Å². The molecule has 1 atom stereocenters. The molecule has 0 rings (SSSR count). The van der Waals surface area contributed by atoms with Gasteiger partial charge in [0.1, 0.15) is 0 Å². The minimum Gasteiger partial charge on any atom is -0.198 e. The Balaban J connectivity index is 4.96. The number of nitriles is 3. The van der Waals surface area contributed by atoms with E-state index < -0.39 is 10.8 Å². The number of nitrogens with zero attached hydrogens (tertiary/aromatic N) is 3. The van der Waals surface area contributed by atoms with Crippen LogP contribution < -0.4 is 0 Å². The van der Waals surface area contributed by atoms with E-state index >= 15 is 0 Å². The molecule has 0 fully saturated rings. The molecule has 0 aromatic heterocycles. The summed E-state index contributed by atoms with van der Waals surface area (Å²) in [5, 5.41) is 26.1. The predicted molar refractivity (Wildman–Crippen MR) is 43.3 cm³/mol. The van der Waals surface area contributed by atoms with Gasteiger partial charge in [-0.2, -0.15) is 15.8 Å². The smallest absolute Gasteiger partial charge is 0.0855 e. The summed E-state index contributed by atoms with van der Waals surface area (Å²) >= 11 is 0. The summed E-state index contributed by atoms with van der Waals surface area (Å²) in [5.41, 5.74) is -1.66. The van der Waals surface area contributed by atoms with Crippen LogP contribution in [-0.4, -0.2) is 0 Å².